The Morgan fingerprint density at radius 1 is 0.435 bits per heavy atom. The van der Waals surface area contributed by atoms with Crippen LogP contribution in [0.4, 0.5) is 0 Å². The molecule has 4 nitrogen and oxygen atoms in total. The predicted molar refractivity (Wildman–Crippen MR) is 186 cm³/mol. The Labute approximate surface area is 267 Å². The van der Waals surface area contributed by atoms with Gasteiger partial charge in [0.2, 0.25) is 0 Å². The van der Waals surface area contributed by atoms with Crippen LogP contribution >= 0.6 is 0 Å². The first-order chi connectivity index (χ1) is 22.6. The maximum absolute atomic E-state index is 6.89. The van der Waals surface area contributed by atoms with Crippen LogP contribution in [-0.2, 0) is 5.41 Å². The van der Waals surface area contributed by atoms with Gasteiger partial charge in [0.05, 0.1) is 0 Å². The third-order valence-corrected chi connectivity index (χ3v) is 9.34. The summed E-state index contributed by atoms with van der Waals surface area (Å²) < 4.78 is 6.89. The summed E-state index contributed by atoms with van der Waals surface area (Å²) in [6, 6.07) is 48.2. The van der Waals surface area contributed by atoms with Crippen LogP contribution in [0.25, 0.3) is 78.4 Å². The highest BCUT2D eigenvalue weighted by Crippen LogP contribution is 2.52. The number of hydrogen-bond acceptors (Lipinski definition) is 4. The lowest BCUT2D eigenvalue weighted by atomic mass is 9.82. The molecule has 2 aromatic heterocycles. The largest absolute Gasteiger partial charge is 0.455 e. The molecule has 1 aliphatic rings. The van der Waals surface area contributed by atoms with E-state index >= 15 is 0 Å². The molecule has 1 aliphatic carbocycles. The van der Waals surface area contributed by atoms with Gasteiger partial charge in [0.1, 0.15) is 11.2 Å². The lowest BCUT2D eigenvalue weighted by Gasteiger charge is -2.21. The van der Waals surface area contributed by atoms with Gasteiger partial charge in [-0.1, -0.05) is 147 Å². The molecule has 0 N–H and O–H groups in total. The third kappa shape index (κ3) is 4.04. The molecule has 0 bridgehead atoms. The minimum absolute atomic E-state index is 0.0853. The van der Waals surface area contributed by atoms with Crippen LogP contribution in [0.5, 0.6) is 0 Å². The van der Waals surface area contributed by atoms with Gasteiger partial charge >= 0.3 is 0 Å². The fourth-order valence-electron chi connectivity index (χ4n) is 7.03. The van der Waals surface area contributed by atoms with Gasteiger partial charge in [-0.05, 0) is 28.3 Å². The van der Waals surface area contributed by atoms with Crippen LogP contribution in [0.3, 0.4) is 0 Å². The van der Waals surface area contributed by atoms with E-state index in [9.17, 15) is 0 Å². The van der Waals surface area contributed by atoms with Crippen molar-refractivity contribution in [2.75, 3.05) is 0 Å². The molecule has 0 fully saturated rings. The Balaban J connectivity index is 1.22. The molecule has 0 amide bonds. The minimum Gasteiger partial charge on any atom is -0.455 e. The molecule has 0 unspecified atom stereocenters. The van der Waals surface area contributed by atoms with E-state index in [2.05, 4.69) is 92.7 Å². The first-order valence-corrected chi connectivity index (χ1v) is 15.6. The second-order valence-corrected chi connectivity index (χ2v) is 12.4. The van der Waals surface area contributed by atoms with Crippen LogP contribution in [0.15, 0.2) is 144 Å². The topological polar surface area (TPSA) is 51.8 Å². The molecule has 0 radical (unpaired) electrons. The van der Waals surface area contributed by atoms with Crippen molar-refractivity contribution in [2.45, 2.75) is 19.3 Å². The number of furan rings is 1. The van der Waals surface area contributed by atoms with E-state index in [0.29, 0.717) is 17.5 Å². The van der Waals surface area contributed by atoms with E-state index in [4.69, 9.17) is 19.4 Å². The Kier molecular flexibility index (Phi) is 5.81. The molecule has 4 heteroatoms. The van der Waals surface area contributed by atoms with E-state index in [1.807, 2.05) is 60.7 Å². The van der Waals surface area contributed by atoms with E-state index < -0.39 is 0 Å². The van der Waals surface area contributed by atoms with Gasteiger partial charge in [0.15, 0.2) is 17.5 Å². The quantitative estimate of drug-likeness (QED) is 0.204. The third-order valence-electron chi connectivity index (χ3n) is 9.34. The lowest BCUT2D eigenvalue weighted by molar-refractivity contribution is 0.653. The molecule has 218 valence electrons. The van der Waals surface area contributed by atoms with Gasteiger partial charge in [-0.3, -0.25) is 0 Å². The van der Waals surface area contributed by atoms with Crippen molar-refractivity contribution < 1.29 is 4.42 Å². The summed E-state index contributed by atoms with van der Waals surface area (Å²) in [5.41, 5.74) is 11.8. The summed E-state index contributed by atoms with van der Waals surface area (Å²) in [6.07, 6.45) is 0. The summed E-state index contributed by atoms with van der Waals surface area (Å²) in [5, 5.41) is 2.25. The predicted octanol–water partition coefficient (Wildman–Crippen LogP) is 10.7. The Morgan fingerprint density at radius 3 is 1.70 bits per heavy atom. The maximum atomic E-state index is 6.89. The molecule has 0 aliphatic heterocycles. The second kappa shape index (κ2) is 10.1. The average Bonchev–Trinajstić information content (AvgIpc) is 3.61. The van der Waals surface area contributed by atoms with E-state index in [0.717, 1.165) is 49.8 Å². The molecular formula is C42H29N3O. The first kappa shape index (κ1) is 26.5. The van der Waals surface area contributed by atoms with Crippen molar-refractivity contribution >= 4 is 21.9 Å². The molecule has 8 aromatic rings. The molecule has 0 saturated carbocycles. The minimum atomic E-state index is -0.0853. The summed E-state index contributed by atoms with van der Waals surface area (Å²) in [7, 11) is 0. The molecule has 46 heavy (non-hydrogen) atoms. The number of fused-ring (bicyclic) bond motifs is 7. The van der Waals surface area contributed by atoms with Crippen molar-refractivity contribution in [3.63, 3.8) is 0 Å². The van der Waals surface area contributed by atoms with Gasteiger partial charge < -0.3 is 4.42 Å². The van der Waals surface area contributed by atoms with Gasteiger partial charge in [-0.15, -0.1) is 0 Å². The molecule has 9 rings (SSSR count). The fourth-order valence-corrected chi connectivity index (χ4v) is 7.03. The number of benzene rings is 6. The van der Waals surface area contributed by atoms with Gasteiger partial charge in [0, 0.05) is 44.0 Å². The molecular weight excluding hydrogens is 562 g/mol. The standard InChI is InChI=1S/C42H29N3O/c1-42(2)34-22-10-9-19-33(34)36-35(42)24-23-32-31-21-12-20-30(37(31)46-38(32)36)28-17-11-18-29(25-28)41-44-39(26-13-5-3-6-14-26)43-40(45-41)27-15-7-4-8-16-27/h3-25H,1-2H3. The highest BCUT2D eigenvalue weighted by Gasteiger charge is 2.37. The first-order valence-electron chi connectivity index (χ1n) is 15.6. The zero-order valence-corrected chi connectivity index (χ0v) is 25.5. The van der Waals surface area contributed by atoms with E-state index in [1.165, 1.54) is 22.3 Å². The number of para-hydroxylation sites is 1. The van der Waals surface area contributed by atoms with Crippen molar-refractivity contribution in [2.24, 2.45) is 0 Å². The van der Waals surface area contributed by atoms with E-state index in [1.54, 1.807) is 0 Å². The Bertz CT molecular complexity index is 2380. The van der Waals surface area contributed by atoms with Crippen molar-refractivity contribution in [3.8, 4) is 56.4 Å². The molecule has 0 atom stereocenters. The lowest BCUT2D eigenvalue weighted by Crippen LogP contribution is -2.14. The Morgan fingerprint density at radius 2 is 0.978 bits per heavy atom. The maximum Gasteiger partial charge on any atom is 0.164 e. The summed E-state index contributed by atoms with van der Waals surface area (Å²) in [6.45, 7) is 4.60. The fraction of sp³-hybridized carbons (Fsp3) is 0.0714. The molecule has 6 aromatic carbocycles. The molecule has 0 spiro atoms. The number of nitrogens with zero attached hydrogens (tertiary/aromatic N) is 3. The number of aromatic nitrogens is 3. The zero-order chi connectivity index (χ0) is 30.8. The van der Waals surface area contributed by atoms with Crippen LogP contribution in [0, 0.1) is 0 Å². The highest BCUT2D eigenvalue weighted by atomic mass is 16.3. The summed E-state index contributed by atoms with van der Waals surface area (Å²) >= 11 is 0. The van der Waals surface area contributed by atoms with Crippen LogP contribution in [0.1, 0.15) is 25.0 Å². The van der Waals surface area contributed by atoms with E-state index in [-0.39, 0.29) is 5.41 Å². The smallest absolute Gasteiger partial charge is 0.164 e. The van der Waals surface area contributed by atoms with Crippen molar-refractivity contribution in [3.05, 3.63) is 151 Å². The highest BCUT2D eigenvalue weighted by molar-refractivity contribution is 6.14. The SMILES string of the molecule is CC1(C)c2ccccc2-c2c1ccc1c2oc2c(-c3cccc(-c4nc(-c5ccccc5)nc(-c5ccccc5)n4)c3)cccc21. The zero-order valence-electron chi connectivity index (χ0n) is 25.5. The van der Waals surface area contributed by atoms with Gasteiger partial charge in [0.25, 0.3) is 0 Å². The molecule has 2 heterocycles. The summed E-state index contributed by atoms with van der Waals surface area (Å²) in [4.78, 5) is 14.8. The second-order valence-electron chi connectivity index (χ2n) is 12.4. The van der Waals surface area contributed by atoms with Gasteiger partial charge in [-0.25, -0.2) is 15.0 Å². The van der Waals surface area contributed by atoms with Crippen LogP contribution in [0.2, 0.25) is 0 Å². The van der Waals surface area contributed by atoms with Crippen molar-refractivity contribution in [1.82, 2.24) is 15.0 Å². The number of rotatable bonds is 4. The van der Waals surface area contributed by atoms with Crippen molar-refractivity contribution in [1.29, 1.82) is 0 Å². The Hall–Kier alpha value is -5.87. The number of hydrogen-bond donors (Lipinski definition) is 0. The van der Waals surface area contributed by atoms with Crippen LogP contribution < -0.4 is 0 Å². The monoisotopic (exact) mass is 591 g/mol. The average molecular weight is 592 g/mol. The van der Waals surface area contributed by atoms with Crippen LogP contribution in [-0.4, -0.2) is 15.0 Å². The van der Waals surface area contributed by atoms with Gasteiger partial charge in [-0.2, -0.15) is 0 Å². The molecule has 0 saturated heterocycles. The normalized spacial score (nSPS) is 13.2. The summed E-state index contributed by atoms with van der Waals surface area (Å²) in [5.74, 6) is 1.92.